The zero-order chi connectivity index (χ0) is 35.2. The quantitative estimate of drug-likeness (QED) is 0.0546. The molecule has 6 bridgehead atoms. The molecule has 51 heavy (non-hydrogen) atoms. The zero-order valence-electron chi connectivity index (χ0n) is 29.4. The lowest BCUT2D eigenvalue weighted by molar-refractivity contribution is -0.124. The van der Waals surface area contributed by atoms with Crippen LogP contribution in [0.3, 0.4) is 0 Å². The summed E-state index contributed by atoms with van der Waals surface area (Å²) in [5.41, 5.74) is 1.52. The molecular formula is C43H52N4O4. The number of aliphatic imine (C=N–C) groups is 1. The van der Waals surface area contributed by atoms with E-state index in [0.29, 0.717) is 51.2 Å². The summed E-state index contributed by atoms with van der Waals surface area (Å²) in [5, 5.41) is 55.3. The largest absolute Gasteiger partial charge is 0.396 e. The minimum absolute atomic E-state index is 0.00528. The minimum Gasteiger partial charge on any atom is -0.396 e. The smallest absolute Gasteiger partial charge is 0.192 e. The summed E-state index contributed by atoms with van der Waals surface area (Å²) >= 11 is 0. The first-order chi connectivity index (χ1) is 24.8. The number of rotatable bonds is 10. The predicted octanol–water partition coefficient (Wildman–Crippen LogP) is 4.65. The average molecular weight is 689 g/mol. The molecule has 0 aliphatic heterocycles. The van der Waals surface area contributed by atoms with Crippen LogP contribution in [0.4, 0.5) is 0 Å². The van der Waals surface area contributed by atoms with Crippen molar-refractivity contribution in [2.24, 2.45) is 40.0 Å². The van der Waals surface area contributed by atoms with Gasteiger partial charge >= 0.3 is 0 Å². The van der Waals surface area contributed by atoms with Crippen LogP contribution in [-0.2, 0) is 12.8 Å². The number of aliphatic hydroxyl groups is 4. The summed E-state index contributed by atoms with van der Waals surface area (Å²) in [4.78, 5) is 8.38. The van der Waals surface area contributed by atoms with Crippen molar-refractivity contribution in [2.75, 3.05) is 19.7 Å². The van der Waals surface area contributed by atoms with E-state index in [0.717, 1.165) is 41.4 Å². The first-order valence-electron chi connectivity index (χ1n) is 19.0. The topological polar surface area (TPSA) is 133 Å². The maximum atomic E-state index is 13.0. The molecule has 1 heterocycles. The van der Waals surface area contributed by atoms with Crippen LogP contribution < -0.4 is 10.6 Å². The lowest BCUT2D eigenvalue weighted by Gasteiger charge is -2.56. The fraction of sp³-hybridized carbons (Fsp3) is 0.512. The third-order valence-electron chi connectivity index (χ3n) is 13.3. The molecule has 0 radical (unpaired) electrons. The number of hydrogen-bond donors (Lipinski definition) is 7. The fourth-order valence-electron chi connectivity index (χ4n) is 11.2. The number of nitrogens with zero attached hydrogens (tertiary/aromatic N) is 1. The van der Waals surface area contributed by atoms with Crippen molar-refractivity contribution in [1.82, 2.24) is 15.6 Å². The van der Waals surface area contributed by atoms with E-state index in [4.69, 9.17) is 11.6 Å². The highest BCUT2D eigenvalue weighted by molar-refractivity contribution is 5.81. The highest BCUT2D eigenvalue weighted by Gasteiger charge is 2.72. The highest BCUT2D eigenvalue weighted by Crippen LogP contribution is 2.71. The van der Waals surface area contributed by atoms with Gasteiger partial charge in [0, 0.05) is 55.6 Å². The Kier molecular flexibility index (Phi) is 9.12. The van der Waals surface area contributed by atoms with Gasteiger partial charge in [0.1, 0.15) is 0 Å². The molecule has 5 aliphatic rings. The fourth-order valence-corrected chi connectivity index (χ4v) is 11.2. The number of aromatic amines is 1. The summed E-state index contributed by atoms with van der Waals surface area (Å²) in [6, 6.07) is 20.3. The number of benzene rings is 2. The maximum Gasteiger partial charge on any atom is 0.192 e. The lowest BCUT2D eigenvalue weighted by Crippen LogP contribution is -2.56. The molecule has 0 amide bonds. The van der Waals surface area contributed by atoms with Gasteiger partial charge in [-0.1, -0.05) is 78.8 Å². The van der Waals surface area contributed by atoms with E-state index in [1.165, 1.54) is 5.56 Å². The van der Waals surface area contributed by atoms with Crippen molar-refractivity contribution in [2.45, 2.75) is 81.1 Å². The molecule has 3 saturated carbocycles. The Morgan fingerprint density at radius 1 is 1.02 bits per heavy atom. The zero-order valence-corrected chi connectivity index (χ0v) is 29.4. The molecule has 3 aromatic rings. The lowest BCUT2D eigenvalue weighted by atomic mass is 9.48. The monoisotopic (exact) mass is 688 g/mol. The van der Waals surface area contributed by atoms with Crippen LogP contribution in [-0.4, -0.2) is 74.4 Å². The van der Waals surface area contributed by atoms with Crippen molar-refractivity contribution >= 4 is 16.9 Å². The molecule has 268 valence electrons. The minimum atomic E-state index is -1.47. The summed E-state index contributed by atoms with van der Waals surface area (Å²) in [7, 11) is 0. The molecule has 10 atom stereocenters. The van der Waals surface area contributed by atoms with Gasteiger partial charge in [0.15, 0.2) is 5.96 Å². The number of H-pyrrole nitrogens is 1. The van der Waals surface area contributed by atoms with Crippen LogP contribution in [0.25, 0.3) is 10.9 Å². The summed E-state index contributed by atoms with van der Waals surface area (Å²) in [6.45, 7) is 5.99. The van der Waals surface area contributed by atoms with Gasteiger partial charge in [-0.15, -0.1) is 5.92 Å². The van der Waals surface area contributed by atoms with Gasteiger partial charge < -0.3 is 36.0 Å². The Balaban J connectivity index is 1.17. The Hall–Kier alpha value is -3.87. The third-order valence-corrected chi connectivity index (χ3v) is 13.3. The molecule has 0 unspecified atom stereocenters. The van der Waals surface area contributed by atoms with E-state index in [1.54, 1.807) is 0 Å². The predicted molar refractivity (Wildman–Crippen MR) is 201 cm³/mol. The number of fused-ring (bicyclic) bond motifs is 2. The second kappa shape index (κ2) is 13.6. The summed E-state index contributed by atoms with van der Waals surface area (Å²) < 4.78 is 0. The van der Waals surface area contributed by atoms with Crippen LogP contribution in [0.15, 0.2) is 90.0 Å². The second-order valence-electron chi connectivity index (χ2n) is 15.9. The first-order valence-corrected chi connectivity index (χ1v) is 19.0. The van der Waals surface area contributed by atoms with E-state index >= 15 is 0 Å². The second-order valence-corrected chi connectivity index (χ2v) is 15.9. The van der Waals surface area contributed by atoms with Crippen LogP contribution in [0.5, 0.6) is 0 Å². The SMILES string of the molecule is C=C(Cc1cc2ccccc2[nH]1)[C@]12CC#C[C@@H](NC(=NCCCO)NCCc3ccccc3)C[C@@]3(O)[C@H]4[C@H]1CC[C@@H]1[C@@H]2C=CC[C@]1(O)[C@H]4C[C@@H]3O. The van der Waals surface area contributed by atoms with Gasteiger partial charge in [-0.25, -0.2) is 0 Å². The van der Waals surface area contributed by atoms with Crippen molar-refractivity contribution < 1.29 is 20.4 Å². The van der Waals surface area contributed by atoms with Crippen LogP contribution in [0.2, 0.25) is 0 Å². The maximum absolute atomic E-state index is 13.0. The van der Waals surface area contributed by atoms with Gasteiger partial charge in [-0.05, 0) is 91.2 Å². The van der Waals surface area contributed by atoms with E-state index in [9.17, 15) is 20.4 Å². The van der Waals surface area contributed by atoms with Crippen molar-refractivity contribution in [1.29, 1.82) is 0 Å². The van der Waals surface area contributed by atoms with Gasteiger partial charge in [-0.3, -0.25) is 4.99 Å². The number of hydrogen-bond acceptors (Lipinski definition) is 5. The van der Waals surface area contributed by atoms with Crippen molar-refractivity contribution in [3.8, 4) is 11.8 Å². The molecule has 3 fully saturated rings. The molecule has 8 nitrogen and oxygen atoms in total. The number of para-hydroxylation sites is 1. The Morgan fingerprint density at radius 3 is 2.65 bits per heavy atom. The van der Waals surface area contributed by atoms with Gasteiger partial charge in [0.25, 0.3) is 0 Å². The molecular weight excluding hydrogens is 636 g/mol. The Bertz CT molecular complexity index is 1840. The Morgan fingerprint density at radius 2 is 1.82 bits per heavy atom. The van der Waals surface area contributed by atoms with Crippen LogP contribution in [0.1, 0.15) is 56.2 Å². The van der Waals surface area contributed by atoms with E-state index in [1.807, 2.05) is 24.3 Å². The van der Waals surface area contributed by atoms with Crippen molar-refractivity contribution in [3.63, 3.8) is 0 Å². The molecule has 0 saturated heterocycles. The van der Waals surface area contributed by atoms with E-state index in [-0.39, 0.29) is 42.6 Å². The standard InChI is InChI=1S/C43H52N4O4/c1-28(24-32-25-30-12-5-6-15-37(30)46-32)41-19-7-13-31(47-40(44-21-9-23-48)45-22-18-29-10-3-2-4-11-29)27-43(51)38(49)26-36-39(43)35(41)17-16-34-33(41)14-8-20-42(34,36)50/h2-6,8,10-12,14-15,25,31,33-36,38-39,46,48-51H,1,9,16-24,26-27H2,(H2,44,45,47)/t31-,33+,34-,35-,36+,38+,39+,41+,42-,43+/m1/s1. The van der Waals surface area contributed by atoms with Gasteiger partial charge in [0.05, 0.1) is 23.3 Å². The van der Waals surface area contributed by atoms with Crippen LogP contribution in [0, 0.1) is 46.8 Å². The summed E-state index contributed by atoms with van der Waals surface area (Å²) in [6.07, 6.45) is 8.89. The first kappa shape index (κ1) is 34.2. The molecule has 7 N–H and O–H groups in total. The molecule has 1 aromatic heterocycles. The normalized spacial score (nSPS) is 36.4. The molecule has 5 aliphatic carbocycles. The van der Waals surface area contributed by atoms with Crippen LogP contribution >= 0.6 is 0 Å². The number of aromatic nitrogens is 1. The number of nitrogens with one attached hydrogen (secondary N) is 3. The number of allylic oxidation sites excluding steroid dienone is 2. The average Bonchev–Trinajstić information content (AvgIpc) is 3.61. The molecule has 0 spiro atoms. The van der Waals surface area contributed by atoms with E-state index < -0.39 is 28.8 Å². The van der Waals surface area contributed by atoms with Gasteiger partial charge in [0.2, 0.25) is 0 Å². The number of guanidine groups is 1. The molecule has 8 rings (SSSR count). The van der Waals surface area contributed by atoms with Gasteiger partial charge in [-0.2, -0.15) is 0 Å². The van der Waals surface area contributed by atoms with E-state index in [2.05, 4.69) is 76.0 Å². The molecule has 8 heteroatoms. The molecule has 2 aromatic carbocycles. The Labute approximate surface area is 301 Å². The summed E-state index contributed by atoms with van der Waals surface area (Å²) in [5.74, 6) is 7.18. The highest BCUT2D eigenvalue weighted by atomic mass is 16.3. The third kappa shape index (κ3) is 5.83. The number of aliphatic hydroxyl groups excluding tert-OH is 2. The van der Waals surface area contributed by atoms with Crippen molar-refractivity contribution in [3.05, 3.63) is 96.2 Å².